The second-order valence-electron chi connectivity index (χ2n) is 9.88. The average Bonchev–Trinajstić information content (AvgIpc) is 3.39. The fraction of sp³-hybridized carbons (Fsp3) is 0.429. The number of nitrogens with zero attached hydrogens (tertiary/aromatic N) is 3. The smallest absolute Gasteiger partial charge is 0.251 e. The van der Waals surface area contributed by atoms with Gasteiger partial charge in [0.15, 0.2) is 5.11 Å². The first kappa shape index (κ1) is 24.9. The number of nitrogens with one attached hydrogen (secondary N) is 1. The van der Waals surface area contributed by atoms with E-state index in [-0.39, 0.29) is 18.0 Å². The number of aromatic amines is 1. The quantitative estimate of drug-likeness (QED) is 0.414. The van der Waals surface area contributed by atoms with Gasteiger partial charge in [-0.3, -0.25) is 14.6 Å². The molecule has 1 N–H and O–H groups in total. The maximum Gasteiger partial charge on any atom is 0.251 e. The van der Waals surface area contributed by atoms with E-state index < -0.39 is 0 Å². The molecule has 37 heavy (non-hydrogen) atoms. The van der Waals surface area contributed by atoms with Crippen LogP contribution in [0, 0.1) is 0 Å². The lowest BCUT2D eigenvalue weighted by atomic mass is 9.89. The predicted molar refractivity (Wildman–Crippen MR) is 151 cm³/mol. The van der Waals surface area contributed by atoms with Crippen LogP contribution in [0.1, 0.15) is 36.2 Å². The number of halogens is 1. The van der Waals surface area contributed by atoms with Crippen LogP contribution in [0.2, 0.25) is 0 Å². The Morgan fingerprint density at radius 1 is 1.14 bits per heavy atom. The first-order valence-corrected chi connectivity index (χ1v) is 14.2. The fourth-order valence-electron chi connectivity index (χ4n) is 5.79. The van der Waals surface area contributed by atoms with Crippen LogP contribution in [-0.2, 0) is 16.0 Å². The standard InChI is InChI=1S/C28H31BrN4O3S/c1-2-9-32-27(34)24-17-22-21-16-19(29)5-8-23(21)30-25(22)26(33(24)28(32)37)18-3-6-20(7-4-18)36-15-12-31-10-13-35-14-11-31/h3-8,16,24,26,30H,2,9-15,17H2,1H3. The summed E-state index contributed by atoms with van der Waals surface area (Å²) in [5, 5.41) is 1.78. The van der Waals surface area contributed by atoms with Gasteiger partial charge in [0, 0.05) is 53.7 Å². The number of morpholine rings is 1. The molecule has 2 aromatic carbocycles. The van der Waals surface area contributed by atoms with Crippen molar-refractivity contribution in [2.75, 3.05) is 46.0 Å². The van der Waals surface area contributed by atoms with Crippen LogP contribution in [0.4, 0.5) is 0 Å². The largest absolute Gasteiger partial charge is 0.492 e. The number of ether oxygens (including phenoxy) is 2. The number of aromatic nitrogens is 1. The van der Waals surface area contributed by atoms with Gasteiger partial charge < -0.3 is 19.4 Å². The van der Waals surface area contributed by atoms with Gasteiger partial charge in [-0.05, 0) is 60.1 Å². The van der Waals surface area contributed by atoms with Crippen LogP contribution < -0.4 is 4.74 Å². The van der Waals surface area contributed by atoms with E-state index in [0.29, 0.717) is 24.7 Å². The van der Waals surface area contributed by atoms with E-state index in [0.717, 1.165) is 71.7 Å². The highest BCUT2D eigenvalue weighted by Crippen LogP contribution is 2.44. The number of amides is 1. The van der Waals surface area contributed by atoms with E-state index in [1.807, 2.05) is 18.2 Å². The lowest BCUT2D eigenvalue weighted by Gasteiger charge is -2.37. The molecule has 2 unspecified atom stereocenters. The molecule has 2 atom stereocenters. The molecule has 0 saturated carbocycles. The number of carbonyl (C=O) groups excluding carboxylic acids is 1. The molecule has 7 nitrogen and oxygen atoms in total. The Morgan fingerprint density at radius 2 is 1.92 bits per heavy atom. The highest BCUT2D eigenvalue weighted by Gasteiger charge is 2.50. The van der Waals surface area contributed by atoms with Gasteiger partial charge in [-0.25, -0.2) is 0 Å². The minimum absolute atomic E-state index is 0.106. The maximum absolute atomic E-state index is 13.5. The van der Waals surface area contributed by atoms with Crippen LogP contribution >= 0.6 is 28.1 Å². The van der Waals surface area contributed by atoms with Crippen LogP contribution in [0.25, 0.3) is 10.9 Å². The molecule has 2 saturated heterocycles. The second kappa shape index (κ2) is 10.4. The van der Waals surface area contributed by atoms with Crippen molar-refractivity contribution in [3.63, 3.8) is 0 Å². The summed E-state index contributed by atoms with van der Waals surface area (Å²) >= 11 is 9.53. The molecule has 0 bridgehead atoms. The lowest BCUT2D eigenvalue weighted by molar-refractivity contribution is -0.128. The van der Waals surface area contributed by atoms with E-state index in [1.165, 1.54) is 5.56 Å². The number of thiocarbonyl (C=S) groups is 1. The molecular formula is C28H31BrN4O3S. The normalized spacial score (nSPS) is 22.0. The molecule has 2 fully saturated rings. The van der Waals surface area contributed by atoms with E-state index in [4.69, 9.17) is 21.7 Å². The van der Waals surface area contributed by atoms with Crippen molar-refractivity contribution in [1.82, 2.24) is 19.7 Å². The zero-order valence-corrected chi connectivity index (χ0v) is 23.3. The number of H-pyrrole nitrogens is 1. The molecule has 4 heterocycles. The molecular weight excluding hydrogens is 552 g/mol. The zero-order chi connectivity index (χ0) is 25.5. The summed E-state index contributed by atoms with van der Waals surface area (Å²) in [5.74, 6) is 0.952. The zero-order valence-electron chi connectivity index (χ0n) is 20.9. The van der Waals surface area contributed by atoms with Crippen molar-refractivity contribution in [1.29, 1.82) is 0 Å². The predicted octanol–water partition coefficient (Wildman–Crippen LogP) is 4.49. The Bertz CT molecular complexity index is 1320. The van der Waals surface area contributed by atoms with Crippen molar-refractivity contribution < 1.29 is 14.3 Å². The highest BCUT2D eigenvalue weighted by molar-refractivity contribution is 9.10. The summed E-state index contributed by atoms with van der Waals surface area (Å²) in [6.45, 7) is 7.75. The third-order valence-corrected chi connectivity index (χ3v) is 8.54. The van der Waals surface area contributed by atoms with Gasteiger partial charge in [-0.1, -0.05) is 35.0 Å². The molecule has 3 aromatic rings. The van der Waals surface area contributed by atoms with E-state index in [2.05, 4.69) is 61.9 Å². The van der Waals surface area contributed by atoms with Gasteiger partial charge in [-0.15, -0.1) is 0 Å². The van der Waals surface area contributed by atoms with Gasteiger partial charge in [0.05, 0.1) is 19.3 Å². The number of carbonyl (C=O) groups is 1. The Morgan fingerprint density at radius 3 is 2.68 bits per heavy atom. The van der Waals surface area contributed by atoms with Crippen molar-refractivity contribution in [2.45, 2.75) is 31.8 Å². The van der Waals surface area contributed by atoms with Crippen LogP contribution in [0.5, 0.6) is 5.75 Å². The van der Waals surface area contributed by atoms with Gasteiger partial charge >= 0.3 is 0 Å². The fourth-order valence-corrected chi connectivity index (χ4v) is 6.56. The van der Waals surface area contributed by atoms with Crippen LogP contribution in [-0.4, -0.2) is 82.7 Å². The van der Waals surface area contributed by atoms with Crippen LogP contribution in [0.15, 0.2) is 46.9 Å². The molecule has 0 radical (unpaired) electrons. The summed E-state index contributed by atoms with van der Waals surface area (Å²) in [5.41, 5.74) is 4.47. The van der Waals surface area contributed by atoms with Gasteiger partial charge in [0.2, 0.25) is 0 Å². The van der Waals surface area contributed by atoms with E-state index in [1.54, 1.807) is 4.90 Å². The lowest BCUT2D eigenvalue weighted by Crippen LogP contribution is -2.44. The molecule has 3 aliphatic heterocycles. The van der Waals surface area contributed by atoms with Gasteiger partial charge in [0.1, 0.15) is 18.4 Å². The summed E-state index contributed by atoms with van der Waals surface area (Å²) in [6.07, 6.45) is 1.51. The first-order valence-electron chi connectivity index (χ1n) is 13.0. The number of rotatable bonds is 7. The molecule has 194 valence electrons. The molecule has 9 heteroatoms. The SMILES string of the molecule is CCCN1C(=O)C2Cc3c([nH]c4ccc(Br)cc34)C(c3ccc(OCCN4CCOCC4)cc3)N2C1=S. The molecule has 0 spiro atoms. The molecule has 1 aromatic heterocycles. The van der Waals surface area contributed by atoms with Gasteiger partial charge in [-0.2, -0.15) is 0 Å². The minimum Gasteiger partial charge on any atom is -0.492 e. The molecule has 3 aliphatic rings. The molecule has 0 aliphatic carbocycles. The first-order chi connectivity index (χ1) is 18.0. The topological polar surface area (TPSA) is 61.0 Å². The van der Waals surface area contributed by atoms with Crippen molar-refractivity contribution in [2.24, 2.45) is 0 Å². The molecule has 6 rings (SSSR count). The van der Waals surface area contributed by atoms with Crippen molar-refractivity contribution >= 4 is 50.1 Å². The Labute approximate surface area is 230 Å². The number of fused-ring (bicyclic) bond motifs is 4. The maximum atomic E-state index is 13.5. The third kappa shape index (κ3) is 4.56. The summed E-state index contributed by atoms with van der Waals surface area (Å²) < 4.78 is 12.5. The number of benzene rings is 2. The minimum atomic E-state index is -0.293. The van der Waals surface area contributed by atoms with Crippen LogP contribution in [0.3, 0.4) is 0 Å². The Balaban J connectivity index is 1.31. The summed E-state index contributed by atoms with van der Waals surface area (Å²) in [4.78, 5) is 23.5. The van der Waals surface area contributed by atoms with Crippen molar-refractivity contribution in [3.8, 4) is 5.75 Å². The third-order valence-electron chi connectivity index (χ3n) is 7.61. The highest BCUT2D eigenvalue weighted by atomic mass is 79.9. The number of hydrogen-bond donors (Lipinski definition) is 1. The summed E-state index contributed by atoms with van der Waals surface area (Å²) in [6, 6.07) is 14.1. The summed E-state index contributed by atoms with van der Waals surface area (Å²) in [7, 11) is 0. The van der Waals surface area contributed by atoms with E-state index >= 15 is 0 Å². The second-order valence-corrected chi connectivity index (χ2v) is 11.2. The van der Waals surface area contributed by atoms with Gasteiger partial charge in [0.25, 0.3) is 5.91 Å². The Hall–Kier alpha value is -2.46. The van der Waals surface area contributed by atoms with E-state index in [9.17, 15) is 4.79 Å². The monoisotopic (exact) mass is 582 g/mol. The number of hydrogen-bond acceptors (Lipinski definition) is 5. The Kier molecular flexibility index (Phi) is 6.96. The van der Waals surface area contributed by atoms with Crippen molar-refractivity contribution in [3.05, 3.63) is 63.8 Å². The molecule has 1 amide bonds. The average molecular weight is 584 g/mol.